The summed E-state index contributed by atoms with van der Waals surface area (Å²) in [4.78, 5) is 48.1. The number of nitrogens with one attached hydrogen (secondary N) is 1. The fourth-order valence-corrected chi connectivity index (χ4v) is 1.56. The maximum atomic E-state index is 11.9. The maximum absolute atomic E-state index is 11.9. The number of hydrogen-bond donors (Lipinski definition) is 3. The third-order valence-corrected chi connectivity index (χ3v) is 2.54. The van der Waals surface area contributed by atoms with E-state index in [0.717, 1.165) is 9.47 Å². The van der Waals surface area contributed by atoms with E-state index in [4.69, 9.17) is 10.2 Å². The molecule has 0 saturated heterocycles. The van der Waals surface area contributed by atoms with Gasteiger partial charge < -0.3 is 15.1 Å². The Labute approximate surface area is 113 Å². The van der Waals surface area contributed by atoms with Crippen LogP contribution in [0.1, 0.15) is 5.56 Å². The van der Waals surface area contributed by atoms with E-state index in [1.807, 2.05) is 4.98 Å². The van der Waals surface area contributed by atoms with E-state index in [2.05, 4.69) is 0 Å². The molecule has 1 aromatic rings. The molecule has 110 valence electrons. The molecule has 0 aliphatic heterocycles. The van der Waals surface area contributed by atoms with Crippen molar-refractivity contribution in [3.8, 4) is 0 Å². The van der Waals surface area contributed by atoms with Gasteiger partial charge in [-0.2, -0.15) is 0 Å². The highest BCUT2D eigenvalue weighted by Crippen LogP contribution is 1.93. The Morgan fingerprint density at radius 2 is 2.05 bits per heavy atom. The third kappa shape index (κ3) is 4.05. The number of H-pyrrole nitrogens is 1. The van der Waals surface area contributed by atoms with Crippen molar-refractivity contribution in [2.24, 2.45) is 0 Å². The van der Waals surface area contributed by atoms with Gasteiger partial charge >= 0.3 is 11.7 Å². The van der Waals surface area contributed by atoms with Gasteiger partial charge in [-0.25, -0.2) is 4.79 Å². The lowest BCUT2D eigenvalue weighted by Gasteiger charge is -2.19. The summed E-state index contributed by atoms with van der Waals surface area (Å²) >= 11 is 0. The van der Waals surface area contributed by atoms with Crippen molar-refractivity contribution in [2.75, 3.05) is 19.7 Å². The van der Waals surface area contributed by atoms with Crippen molar-refractivity contribution < 1.29 is 19.8 Å². The van der Waals surface area contributed by atoms with Gasteiger partial charge in [0.25, 0.3) is 5.56 Å². The van der Waals surface area contributed by atoms with E-state index in [9.17, 15) is 19.2 Å². The first kappa shape index (κ1) is 15.6. The van der Waals surface area contributed by atoms with Crippen LogP contribution in [0.3, 0.4) is 0 Å². The zero-order valence-corrected chi connectivity index (χ0v) is 10.8. The predicted molar refractivity (Wildman–Crippen MR) is 67.4 cm³/mol. The number of carbonyl (C=O) groups excluding carboxylic acids is 1. The number of aliphatic hydroxyl groups is 1. The van der Waals surface area contributed by atoms with E-state index in [-0.39, 0.29) is 12.1 Å². The molecule has 0 unspecified atom stereocenters. The molecule has 0 spiro atoms. The second kappa shape index (κ2) is 6.66. The first-order valence-corrected chi connectivity index (χ1v) is 5.76. The Hall–Kier alpha value is -2.42. The smallest absolute Gasteiger partial charge is 0.328 e. The second-order valence-electron chi connectivity index (χ2n) is 4.13. The number of carboxylic acid groups (broad SMARTS) is 1. The molecular formula is C11H15N3O6. The molecule has 0 saturated carbocycles. The summed E-state index contributed by atoms with van der Waals surface area (Å²) in [6.07, 6.45) is 1.22. The van der Waals surface area contributed by atoms with Gasteiger partial charge in [-0.15, -0.1) is 0 Å². The Kier molecular flexibility index (Phi) is 5.21. The van der Waals surface area contributed by atoms with Crippen LogP contribution in [0.4, 0.5) is 0 Å². The molecule has 3 N–H and O–H groups in total. The molecule has 0 bridgehead atoms. The summed E-state index contributed by atoms with van der Waals surface area (Å²) in [7, 11) is 0. The Balaban J connectivity index is 2.93. The lowest BCUT2D eigenvalue weighted by atomic mass is 10.3. The van der Waals surface area contributed by atoms with Gasteiger partial charge in [-0.1, -0.05) is 0 Å². The highest BCUT2D eigenvalue weighted by molar-refractivity contribution is 5.81. The lowest BCUT2D eigenvalue weighted by Crippen LogP contribution is -2.42. The minimum Gasteiger partial charge on any atom is -0.480 e. The molecular weight excluding hydrogens is 270 g/mol. The van der Waals surface area contributed by atoms with Crippen molar-refractivity contribution in [3.63, 3.8) is 0 Å². The summed E-state index contributed by atoms with van der Waals surface area (Å²) in [6.45, 7) is -0.0526. The van der Waals surface area contributed by atoms with Gasteiger partial charge in [0.05, 0.1) is 6.61 Å². The van der Waals surface area contributed by atoms with Gasteiger partial charge in [0.1, 0.15) is 13.1 Å². The number of rotatable bonds is 6. The normalized spacial score (nSPS) is 10.3. The lowest BCUT2D eigenvalue weighted by molar-refractivity contribution is -0.145. The number of hydrogen-bond acceptors (Lipinski definition) is 5. The van der Waals surface area contributed by atoms with Crippen molar-refractivity contribution in [3.05, 3.63) is 32.6 Å². The van der Waals surface area contributed by atoms with Crippen LogP contribution in [0, 0.1) is 6.92 Å². The first-order chi connectivity index (χ1) is 9.35. The molecule has 0 atom stereocenters. The molecule has 1 rings (SSSR count). The van der Waals surface area contributed by atoms with Crippen LogP contribution >= 0.6 is 0 Å². The van der Waals surface area contributed by atoms with Crippen LogP contribution in [-0.4, -0.2) is 56.2 Å². The predicted octanol–water partition coefficient (Wildman–Crippen LogP) is -2.25. The number of nitrogens with zero attached hydrogens (tertiary/aromatic N) is 2. The van der Waals surface area contributed by atoms with E-state index in [1.54, 1.807) is 0 Å². The topological polar surface area (TPSA) is 133 Å². The van der Waals surface area contributed by atoms with Crippen LogP contribution in [0.5, 0.6) is 0 Å². The summed E-state index contributed by atoms with van der Waals surface area (Å²) in [5, 5.41) is 17.5. The number of carbonyl (C=O) groups is 2. The van der Waals surface area contributed by atoms with Gasteiger partial charge in [0.15, 0.2) is 0 Å². The number of aromatic amines is 1. The van der Waals surface area contributed by atoms with Gasteiger partial charge in [0, 0.05) is 18.3 Å². The molecule has 1 heterocycles. The van der Waals surface area contributed by atoms with Crippen molar-refractivity contribution in [1.82, 2.24) is 14.5 Å². The second-order valence-corrected chi connectivity index (χ2v) is 4.13. The molecule has 0 radical (unpaired) electrons. The quantitative estimate of drug-likeness (QED) is 0.541. The average molecular weight is 285 g/mol. The molecule has 9 heteroatoms. The van der Waals surface area contributed by atoms with E-state index in [1.165, 1.54) is 13.1 Å². The number of carboxylic acids is 1. The minimum absolute atomic E-state index is 0.151. The zero-order chi connectivity index (χ0) is 15.3. The third-order valence-electron chi connectivity index (χ3n) is 2.54. The standard InChI is InChI=1S/C11H15N3O6/c1-7-4-14(11(20)12-10(7)19)5-8(16)13(2-3-15)6-9(17)18/h4,15H,2-3,5-6H2,1H3,(H,17,18)(H,12,19,20). The molecule has 0 fully saturated rings. The molecule has 0 aromatic carbocycles. The molecule has 20 heavy (non-hydrogen) atoms. The number of amides is 1. The highest BCUT2D eigenvalue weighted by Gasteiger charge is 2.17. The summed E-state index contributed by atoms with van der Waals surface area (Å²) in [5.41, 5.74) is -1.05. The fourth-order valence-electron chi connectivity index (χ4n) is 1.56. The van der Waals surface area contributed by atoms with E-state index in [0.29, 0.717) is 0 Å². The number of aromatic nitrogens is 2. The minimum atomic E-state index is -1.23. The molecule has 0 aliphatic rings. The van der Waals surface area contributed by atoms with E-state index < -0.39 is 42.8 Å². The fraction of sp³-hybridized carbons (Fsp3) is 0.455. The first-order valence-electron chi connectivity index (χ1n) is 5.76. The van der Waals surface area contributed by atoms with Crippen molar-refractivity contribution in [2.45, 2.75) is 13.5 Å². The Morgan fingerprint density at radius 3 is 2.60 bits per heavy atom. The van der Waals surface area contributed by atoms with Crippen LogP contribution < -0.4 is 11.2 Å². The van der Waals surface area contributed by atoms with Crippen molar-refractivity contribution >= 4 is 11.9 Å². The van der Waals surface area contributed by atoms with Gasteiger partial charge in [-0.05, 0) is 6.92 Å². The summed E-state index contributed by atoms with van der Waals surface area (Å²) < 4.78 is 0.977. The van der Waals surface area contributed by atoms with Crippen LogP contribution in [0.25, 0.3) is 0 Å². The van der Waals surface area contributed by atoms with Gasteiger partial charge in [0.2, 0.25) is 5.91 Å². The number of aliphatic carboxylic acids is 1. The van der Waals surface area contributed by atoms with Crippen LogP contribution in [0.15, 0.2) is 15.8 Å². The highest BCUT2D eigenvalue weighted by atomic mass is 16.4. The molecule has 1 aromatic heterocycles. The monoisotopic (exact) mass is 285 g/mol. The molecule has 9 nitrogen and oxygen atoms in total. The Morgan fingerprint density at radius 1 is 1.40 bits per heavy atom. The number of aliphatic hydroxyl groups excluding tert-OH is 1. The van der Waals surface area contributed by atoms with Crippen molar-refractivity contribution in [1.29, 1.82) is 0 Å². The van der Waals surface area contributed by atoms with Crippen LogP contribution in [-0.2, 0) is 16.1 Å². The average Bonchev–Trinajstić information content (AvgIpc) is 2.34. The summed E-state index contributed by atoms with van der Waals surface area (Å²) in [6, 6.07) is 0. The largest absolute Gasteiger partial charge is 0.480 e. The molecule has 0 aliphatic carbocycles. The summed E-state index contributed by atoms with van der Waals surface area (Å²) in [5.74, 6) is -1.87. The zero-order valence-electron chi connectivity index (χ0n) is 10.8. The SMILES string of the molecule is Cc1cn(CC(=O)N(CCO)CC(=O)O)c(=O)[nH]c1=O. The Bertz CT molecular complexity index is 617. The maximum Gasteiger partial charge on any atom is 0.328 e. The van der Waals surface area contributed by atoms with Gasteiger partial charge in [-0.3, -0.25) is 23.9 Å². The van der Waals surface area contributed by atoms with E-state index >= 15 is 0 Å². The molecule has 1 amide bonds. The number of aryl methyl sites for hydroxylation is 1. The van der Waals surface area contributed by atoms with Crippen LogP contribution in [0.2, 0.25) is 0 Å².